The predicted octanol–water partition coefficient (Wildman–Crippen LogP) is 1.62. The maximum atomic E-state index is 12.2. The zero-order valence-electron chi connectivity index (χ0n) is 12.6. The van der Waals surface area contributed by atoms with Crippen LogP contribution < -0.4 is 10.0 Å². The van der Waals surface area contributed by atoms with Gasteiger partial charge in [0.2, 0.25) is 10.0 Å². The predicted molar refractivity (Wildman–Crippen MR) is 87.2 cm³/mol. The van der Waals surface area contributed by atoms with Gasteiger partial charge in [0, 0.05) is 24.5 Å². The van der Waals surface area contributed by atoms with E-state index in [1.54, 1.807) is 6.07 Å². The highest BCUT2D eigenvalue weighted by atomic mass is 32.2. The van der Waals surface area contributed by atoms with Crippen molar-refractivity contribution < 1.29 is 8.42 Å². The van der Waals surface area contributed by atoms with E-state index < -0.39 is 10.0 Å². The lowest BCUT2D eigenvalue weighted by atomic mass is 10.4. The van der Waals surface area contributed by atoms with Crippen LogP contribution in [0.1, 0.15) is 31.1 Å². The summed E-state index contributed by atoms with van der Waals surface area (Å²) >= 11 is 1.35. The van der Waals surface area contributed by atoms with Crippen LogP contribution in [0.15, 0.2) is 16.3 Å². The summed E-state index contributed by atoms with van der Waals surface area (Å²) in [5.74, 6) is 0. The molecule has 0 saturated carbocycles. The number of thiophene rings is 1. The van der Waals surface area contributed by atoms with Gasteiger partial charge in [0.15, 0.2) is 0 Å². The fraction of sp³-hybridized carbons (Fsp3) is 0.714. The summed E-state index contributed by atoms with van der Waals surface area (Å²) in [5.41, 5.74) is 0. The molecule has 0 spiro atoms. The van der Waals surface area contributed by atoms with Crippen LogP contribution in [0.5, 0.6) is 0 Å². The van der Waals surface area contributed by atoms with E-state index in [1.807, 2.05) is 6.07 Å². The smallest absolute Gasteiger partial charge is 0.250 e. The van der Waals surface area contributed by atoms with Crippen molar-refractivity contribution in [2.45, 2.75) is 36.9 Å². The summed E-state index contributed by atoms with van der Waals surface area (Å²) in [6.07, 6.45) is 3.53. The highest BCUT2D eigenvalue weighted by molar-refractivity contribution is 7.91. The van der Waals surface area contributed by atoms with E-state index in [9.17, 15) is 8.42 Å². The number of likely N-dealkylation sites (tertiary alicyclic amines) is 1. The van der Waals surface area contributed by atoms with Crippen molar-refractivity contribution in [3.63, 3.8) is 0 Å². The molecule has 2 heterocycles. The third-order valence-corrected chi connectivity index (χ3v) is 6.58. The van der Waals surface area contributed by atoms with Crippen LogP contribution in [0.4, 0.5) is 0 Å². The van der Waals surface area contributed by atoms with Gasteiger partial charge < -0.3 is 10.2 Å². The van der Waals surface area contributed by atoms with E-state index >= 15 is 0 Å². The molecule has 21 heavy (non-hydrogen) atoms. The maximum Gasteiger partial charge on any atom is 0.250 e. The van der Waals surface area contributed by atoms with Crippen molar-refractivity contribution >= 4 is 21.4 Å². The van der Waals surface area contributed by atoms with Crippen LogP contribution in [0, 0.1) is 0 Å². The molecule has 2 N–H and O–H groups in total. The monoisotopic (exact) mass is 331 g/mol. The standard InChI is InChI=1S/C14H25N3O2S2/c1-2-7-15-12-13-5-6-14(20-13)21(18,19)16-8-11-17-9-3-4-10-17/h5-6,15-16H,2-4,7-12H2,1H3. The van der Waals surface area contributed by atoms with Gasteiger partial charge in [-0.1, -0.05) is 6.92 Å². The van der Waals surface area contributed by atoms with E-state index in [1.165, 1.54) is 24.2 Å². The van der Waals surface area contributed by atoms with Crippen molar-refractivity contribution in [1.29, 1.82) is 0 Å². The number of nitrogens with zero attached hydrogens (tertiary/aromatic N) is 1. The fourth-order valence-electron chi connectivity index (χ4n) is 2.40. The molecule has 2 rings (SSSR count). The fourth-order valence-corrected chi connectivity index (χ4v) is 4.79. The molecule has 0 bridgehead atoms. The lowest BCUT2D eigenvalue weighted by molar-refractivity contribution is 0.344. The Balaban J connectivity index is 1.80. The molecule has 1 aromatic heterocycles. The zero-order chi connectivity index (χ0) is 15.1. The third-order valence-electron chi connectivity index (χ3n) is 3.55. The molecule has 1 aliphatic rings. The Morgan fingerprint density at radius 3 is 2.71 bits per heavy atom. The Bertz CT molecular complexity index is 522. The van der Waals surface area contributed by atoms with Crippen molar-refractivity contribution in [2.24, 2.45) is 0 Å². The second-order valence-corrected chi connectivity index (χ2v) is 8.51. The van der Waals surface area contributed by atoms with Gasteiger partial charge in [0.25, 0.3) is 0 Å². The highest BCUT2D eigenvalue weighted by Gasteiger charge is 2.17. The van der Waals surface area contributed by atoms with Gasteiger partial charge in [-0.25, -0.2) is 13.1 Å². The third kappa shape index (κ3) is 5.34. The Kier molecular flexibility index (Phi) is 6.63. The molecule has 0 unspecified atom stereocenters. The molecular weight excluding hydrogens is 306 g/mol. The second kappa shape index (κ2) is 8.24. The van der Waals surface area contributed by atoms with Crippen molar-refractivity contribution in [1.82, 2.24) is 14.9 Å². The largest absolute Gasteiger partial charge is 0.312 e. The second-order valence-electron chi connectivity index (χ2n) is 5.34. The number of sulfonamides is 1. The Morgan fingerprint density at radius 1 is 1.24 bits per heavy atom. The minimum Gasteiger partial charge on any atom is -0.312 e. The van der Waals surface area contributed by atoms with Gasteiger partial charge >= 0.3 is 0 Å². The molecule has 1 aromatic rings. The summed E-state index contributed by atoms with van der Waals surface area (Å²) in [6.45, 7) is 7.28. The van der Waals surface area contributed by atoms with Crippen LogP contribution in [0.25, 0.3) is 0 Å². The first-order valence-corrected chi connectivity index (χ1v) is 9.93. The van der Waals surface area contributed by atoms with Gasteiger partial charge in [-0.05, 0) is 51.0 Å². The average Bonchev–Trinajstić information content (AvgIpc) is 3.10. The van der Waals surface area contributed by atoms with E-state index in [2.05, 4.69) is 21.9 Å². The van der Waals surface area contributed by atoms with E-state index in [0.717, 1.165) is 44.0 Å². The Morgan fingerprint density at radius 2 is 2.00 bits per heavy atom. The maximum absolute atomic E-state index is 12.2. The average molecular weight is 332 g/mol. The molecule has 0 radical (unpaired) electrons. The topological polar surface area (TPSA) is 61.4 Å². The molecule has 0 aromatic carbocycles. The lowest BCUT2D eigenvalue weighted by Gasteiger charge is -2.14. The van der Waals surface area contributed by atoms with Crippen molar-refractivity contribution in [3.8, 4) is 0 Å². The summed E-state index contributed by atoms with van der Waals surface area (Å²) < 4.78 is 27.5. The molecule has 0 aliphatic carbocycles. The molecule has 1 saturated heterocycles. The van der Waals surface area contributed by atoms with E-state index in [-0.39, 0.29) is 0 Å². The first-order chi connectivity index (χ1) is 10.1. The number of rotatable bonds is 9. The van der Waals surface area contributed by atoms with E-state index in [0.29, 0.717) is 10.8 Å². The molecule has 0 amide bonds. The highest BCUT2D eigenvalue weighted by Crippen LogP contribution is 2.21. The lowest BCUT2D eigenvalue weighted by Crippen LogP contribution is -2.33. The van der Waals surface area contributed by atoms with Crippen molar-refractivity contribution in [2.75, 3.05) is 32.7 Å². The molecule has 7 heteroatoms. The van der Waals surface area contributed by atoms with Crippen molar-refractivity contribution in [3.05, 3.63) is 17.0 Å². The normalized spacial score (nSPS) is 16.6. The minimum absolute atomic E-state index is 0.414. The van der Waals surface area contributed by atoms with Gasteiger partial charge in [-0.2, -0.15) is 0 Å². The Labute approximate surface area is 131 Å². The SMILES string of the molecule is CCCNCc1ccc(S(=O)(=O)NCCN2CCCC2)s1. The van der Waals surface area contributed by atoms with Crippen LogP contribution in [-0.2, 0) is 16.6 Å². The van der Waals surface area contributed by atoms with Crippen LogP contribution in [0.2, 0.25) is 0 Å². The summed E-state index contributed by atoms with van der Waals surface area (Å²) in [6, 6.07) is 3.59. The van der Waals surface area contributed by atoms with Gasteiger partial charge in [-0.15, -0.1) is 11.3 Å². The summed E-state index contributed by atoms with van der Waals surface area (Å²) in [7, 11) is -3.35. The van der Waals surface area contributed by atoms with Crippen LogP contribution >= 0.6 is 11.3 Å². The Hall–Kier alpha value is -0.470. The molecule has 1 aliphatic heterocycles. The molecule has 120 valence electrons. The van der Waals surface area contributed by atoms with Gasteiger partial charge in [-0.3, -0.25) is 0 Å². The first-order valence-electron chi connectivity index (χ1n) is 7.63. The first kappa shape index (κ1) is 16.9. The molecule has 0 atom stereocenters. The number of hydrogen-bond donors (Lipinski definition) is 2. The van der Waals surface area contributed by atoms with Gasteiger partial charge in [0.1, 0.15) is 4.21 Å². The molecule has 1 fully saturated rings. The summed E-state index contributed by atoms with van der Waals surface area (Å²) in [4.78, 5) is 3.36. The minimum atomic E-state index is -3.35. The van der Waals surface area contributed by atoms with E-state index in [4.69, 9.17) is 0 Å². The quantitative estimate of drug-likeness (QED) is 0.675. The molecular formula is C14H25N3O2S2. The van der Waals surface area contributed by atoms with Crippen LogP contribution in [0.3, 0.4) is 0 Å². The van der Waals surface area contributed by atoms with Crippen LogP contribution in [-0.4, -0.2) is 46.0 Å². The van der Waals surface area contributed by atoms with Gasteiger partial charge in [0.05, 0.1) is 0 Å². The number of nitrogens with one attached hydrogen (secondary N) is 2. The molecule has 5 nitrogen and oxygen atoms in total. The zero-order valence-corrected chi connectivity index (χ0v) is 14.2. The summed E-state index contributed by atoms with van der Waals surface area (Å²) in [5, 5.41) is 3.28. The number of hydrogen-bond acceptors (Lipinski definition) is 5.